The van der Waals surface area contributed by atoms with Crippen molar-refractivity contribution < 1.29 is 27.0 Å². The summed E-state index contributed by atoms with van der Waals surface area (Å²) < 4.78 is 66.2. The van der Waals surface area contributed by atoms with Crippen LogP contribution in [0.2, 0.25) is 0 Å². The van der Waals surface area contributed by atoms with Crippen LogP contribution in [0.5, 0.6) is 11.5 Å². The Morgan fingerprint density at radius 2 is 0.939 bits per heavy atom. The first-order chi connectivity index (χ1) is 23.8. The molecule has 0 spiro atoms. The minimum absolute atomic E-state index is 0.00447. The summed E-state index contributed by atoms with van der Waals surface area (Å²) in [6.07, 6.45) is 12.8. The summed E-state index contributed by atoms with van der Waals surface area (Å²) in [4.78, 5) is 8.51. The molecule has 0 N–H and O–H groups in total. The fourth-order valence-electron chi connectivity index (χ4n) is 4.42. The van der Waals surface area contributed by atoms with Gasteiger partial charge in [-0.05, 0) is 97.9 Å². The topological polar surface area (TPSA) is 44.2 Å². The zero-order valence-corrected chi connectivity index (χ0v) is 28.8. The summed E-state index contributed by atoms with van der Waals surface area (Å²) in [6.45, 7) is 8.79. The molecule has 4 rings (SSSR count). The van der Waals surface area contributed by atoms with Crippen LogP contribution in [0.15, 0.2) is 60.9 Å². The van der Waals surface area contributed by atoms with Crippen molar-refractivity contribution in [2.75, 3.05) is 13.2 Å². The maximum atomic E-state index is 14.1. The molecule has 0 aliphatic heterocycles. The number of nitrogens with zero attached hydrogens (tertiary/aromatic N) is 2. The highest BCUT2D eigenvalue weighted by Crippen LogP contribution is 2.23. The van der Waals surface area contributed by atoms with E-state index < -0.39 is 23.3 Å². The van der Waals surface area contributed by atoms with E-state index >= 15 is 0 Å². The zero-order valence-electron chi connectivity index (χ0n) is 28.8. The van der Waals surface area contributed by atoms with Crippen molar-refractivity contribution in [3.05, 3.63) is 118 Å². The Kier molecular flexibility index (Phi) is 16.7. The number of benzene rings is 2. The van der Waals surface area contributed by atoms with Gasteiger partial charge in [-0.2, -0.15) is 8.78 Å². The largest absolute Gasteiger partial charge is 0.490 e. The van der Waals surface area contributed by atoms with Crippen LogP contribution in [0.4, 0.5) is 17.6 Å². The lowest BCUT2D eigenvalue weighted by atomic mass is 10.1. The number of rotatable bonds is 13. The van der Waals surface area contributed by atoms with Gasteiger partial charge in [0.1, 0.15) is 11.4 Å². The molecule has 0 bridgehead atoms. The fraction of sp³-hybridized carbons (Fsp3) is 0.366. The van der Waals surface area contributed by atoms with E-state index in [1.54, 1.807) is 24.5 Å². The average molecular weight is 673 g/mol. The molecule has 0 saturated heterocycles. The normalized spacial score (nSPS) is 10.2. The number of pyridine rings is 2. The van der Waals surface area contributed by atoms with E-state index in [9.17, 15) is 17.6 Å². The van der Waals surface area contributed by atoms with Gasteiger partial charge in [-0.1, -0.05) is 70.9 Å². The molecule has 2 aromatic heterocycles. The maximum absolute atomic E-state index is 14.1. The van der Waals surface area contributed by atoms with E-state index in [0.29, 0.717) is 24.6 Å². The van der Waals surface area contributed by atoms with E-state index in [1.165, 1.54) is 37.1 Å². The van der Waals surface area contributed by atoms with E-state index in [1.807, 2.05) is 26.0 Å². The minimum Gasteiger partial charge on any atom is -0.490 e. The first-order valence-corrected chi connectivity index (χ1v) is 17.0. The zero-order chi connectivity index (χ0) is 35.4. The molecule has 0 fully saturated rings. The second-order valence-electron chi connectivity index (χ2n) is 11.3. The van der Waals surface area contributed by atoms with Crippen LogP contribution in [-0.4, -0.2) is 23.2 Å². The highest BCUT2D eigenvalue weighted by atomic mass is 19.2. The Hall–Kier alpha value is -4.82. The van der Waals surface area contributed by atoms with E-state index in [0.717, 1.165) is 56.1 Å². The Labute approximate surface area is 288 Å². The average Bonchev–Trinajstić information content (AvgIpc) is 3.12. The van der Waals surface area contributed by atoms with E-state index in [-0.39, 0.29) is 22.6 Å². The van der Waals surface area contributed by atoms with Gasteiger partial charge in [0, 0.05) is 12.4 Å². The SMILES string of the molecule is CCCCCc1ccc(C#Cc2ccc(OCCC)c(F)c2F)nc1.CCCCc1ccc(C#Cc2ccc(OCCC)c(F)c2F)nc1. The number of ether oxygens (including phenoxy) is 2. The predicted molar refractivity (Wildman–Crippen MR) is 187 cm³/mol. The molecule has 0 unspecified atom stereocenters. The number of unbranched alkanes of at least 4 members (excludes halogenated alkanes) is 3. The van der Waals surface area contributed by atoms with Gasteiger partial charge >= 0.3 is 0 Å². The van der Waals surface area contributed by atoms with Crippen molar-refractivity contribution in [1.82, 2.24) is 9.97 Å². The molecule has 0 aliphatic carbocycles. The molecule has 2 aromatic carbocycles. The molecule has 49 heavy (non-hydrogen) atoms. The molecule has 0 radical (unpaired) electrons. The molecule has 0 aliphatic rings. The number of hydrogen-bond acceptors (Lipinski definition) is 4. The van der Waals surface area contributed by atoms with Crippen LogP contribution in [0.1, 0.15) is 106 Å². The molecule has 0 saturated carbocycles. The first kappa shape index (κ1) is 38.6. The van der Waals surface area contributed by atoms with Crippen LogP contribution in [0.3, 0.4) is 0 Å². The maximum Gasteiger partial charge on any atom is 0.201 e. The van der Waals surface area contributed by atoms with Gasteiger partial charge in [0.05, 0.1) is 24.3 Å². The number of aromatic nitrogens is 2. The molecule has 4 nitrogen and oxygen atoms in total. The van der Waals surface area contributed by atoms with Crippen LogP contribution in [-0.2, 0) is 12.8 Å². The van der Waals surface area contributed by atoms with Gasteiger partial charge in [0.15, 0.2) is 23.1 Å². The summed E-state index contributed by atoms with van der Waals surface area (Å²) in [5.41, 5.74) is 3.36. The lowest BCUT2D eigenvalue weighted by Crippen LogP contribution is -2.00. The van der Waals surface area contributed by atoms with Gasteiger partial charge in [-0.15, -0.1) is 0 Å². The number of aryl methyl sites for hydroxylation is 2. The third kappa shape index (κ3) is 12.6. The standard InChI is InChI=1S/C21H23F2NO.C20H21F2NO/c1-3-5-6-7-16-8-11-18(24-15-16)12-9-17-10-13-19(25-14-4-2)21(23)20(17)22;1-3-5-6-15-7-10-17(23-14-15)11-8-16-9-12-18(24-13-4-2)20(22)19(16)21/h8,10-11,13,15H,3-7,14H2,1-2H3;7,9-10,12,14H,3-6,13H2,1-2H3. The van der Waals surface area contributed by atoms with Crippen LogP contribution in [0, 0.1) is 47.0 Å². The van der Waals surface area contributed by atoms with E-state index in [4.69, 9.17) is 9.47 Å². The molecule has 0 atom stereocenters. The summed E-state index contributed by atoms with van der Waals surface area (Å²) in [5.74, 6) is 6.67. The van der Waals surface area contributed by atoms with Crippen molar-refractivity contribution in [3.8, 4) is 35.2 Å². The third-order valence-electron chi connectivity index (χ3n) is 7.21. The molecule has 0 amide bonds. The van der Waals surface area contributed by atoms with Gasteiger partial charge in [-0.3, -0.25) is 0 Å². The van der Waals surface area contributed by atoms with Crippen LogP contribution in [0.25, 0.3) is 0 Å². The molecule has 258 valence electrons. The van der Waals surface area contributed by atoms with Gasteiger partial charge in [0.25, 0.3) is 0 Å². The van der Waals surface area contributed by atoms with Crippen molar-refractivity contribution in [3.63, 3.8) is 0 Å². The van der Waals surface area contributed by atoms with Crippen molar-refractivity contribution in [2.45, 2.75) is 85.5 Å². The van der Waals surface area contributed by atoms with Crippen LogP contribution >= 0.6 is 0 Å². The summed E-state index contributed by atoms with van der Waals surface area (Å²) in [5, 5.41) is 0. The monoisotopic (exact) mass is 672 g/mol. The van der Waals surface area contributed by atoms with Crippen molar-refractivity contribution >= 4 is 0 Å². The van der Waals surface area contributed by atoms with E-state index in [2.05, 4.69) is 47.5 Å². The second-order valence-corrected chi connectivity index (χ2v) is 11.3. The summed E-state index contributed by atoms with van der Waals surface area (Å²) in [6, 6.07) is 13.2. The number of hydrogen-bond donors (Lipinski definition) is 0. The lowest BCUT2D eigenvalue weighted by molar-refractivity contribution is 0.295. The second kappa shape index (κ2) is 21.2. The Balaban J connectivity index is 0.000000266. The fourth-order valence-corrected chi connectivity index (χ4v) is 4.42. The quantitative estimate of drug-likeness (QED) is 0.0806. The third-order valence-corrected chi connectivity index (χ3v) is 7.21. The van der Waals surface area contributed by atoms with Gasteiger partial charge in [0.2, 0.25) is 11.6 Å². The molecular weight excluding hydrogens is 628 g/mol. The molecule has 4 aromatic rings. The Bertz CT molecular complexity index is 1730. The highest BCUT2D eigenvalue weighted by molar-refractivity contribution is 5.45. The lowest BCUT2D eigenvalue weighted by Gasteiger charge is -2.06. The Morgan fingerprint density at radius 3 is 1.33 bits per heavy atom. The highest BCUT2D eigenvalue weighted by Gasteiger charge is 2.14. The Morgan fingerprint density at radius 1 is 0.490 bits per heavy atom. The van der Waals surface area contributed by atoms with Crippen LogP contribution < -0.4 is 9.47 Å². The first-order valence-electron chi connectivity index (χ1n) is 17.0. The summed E-state index contributed by atoms with van der Waals surface area (Å²) >= 11 is 0. The minimum atomic E-state index is -1.00. The van der Waals surface area contributed by atoms with Gasteiger partial charge in [-0.25, -0.2) is 18.7 Å². The smallest absolute Gasteiger partial charge is 0.201 e. The molecular formula is C41H44F4N2O2. The number of halogens is 4. The predicted octanol–water partition coefficient (Wildman–Crippen LogP) is 10.2. The molecule has 8 heteroatoms. The van der Waals surface area contributed by atoms with Gasteiger partial charge < -0.3 is 9.47 Å². The molecule has 2 heterocycles. The van der Waals surface area contributed by atoms with Crippen molar-refractivity contribution in [2.24, 2.45) is 0 Å². The van der Waals surface area contributed by atoms with Crippen molar-refractivity contribution in [1.29, 1.82) is 0 Å². The summed E-state index contributed by atoms with van der Waals surface area (Å²) in [7, 11) is 0.